The number of hydrogen-bond donors (Lipinski definition) is 1. The van der Waals surface area contributed by atoms with Gasteiger partial charge in [-0.15, -0.1) is 0 Å². The maximum absolute atomic E-state index is 5.97. The topological polar surface area (TPSA) is 21.3 Å². The van der Waals surface area contributed by atoms with E-state index in [-0.39, 0.29) is 0 Å². The van der Waals surface area contributed by atoms with Crippen molar-refractivity contribution in [2.75, 3.05) is 13.2 Å². The van der Waals surface area contributed by atoms with Crippen molar-refractivity contribution in [1.82, 2.24) is 5.32 Å². The van der Waals surface area contributed by atoms with Crippen molar-refractivity contribution in [3.63, 3.8) is 0 Å². The summed E-state index contributed by atoms with van der Waals surface area (Å²) in [6.07, 6.45) is 9.96. The van der Waals surface area contributed by atoms with Gasteiger partial charge in [0.15, 0.2) is 0 Å². The van der Waals surface area contributed by atoms with Gasteiger partial charge < -0.3 is 10.1 Å². The van der Waals surface area contributed by atoms with Crippen LogP contribution in [0.1, 0.15) is 51.9 Å². The fourth-order valence-electron chi connectivity index (χ4n) is 2.58. The zero-order chi connectivity index (χ0) is 10.5. The summed E-state index contributed by atoms with van der Waals surface area (Å²) in [7, 11) is 0. The quantitative estimate of drug-likeness (QED) is 0.729. The molecule has 0 spiro atoms. The zero-order valence-electron chi connectivity index (χ0n) is 10.0. The van der Waals surface area contributed by atoms with E-state index in [1.807, 2.05) is 0 Å². The Balaban J connectivity index is 1.58. The van der Waals surface area contributed by atoms with Gasteiger partial charge in [0.25, 0.3) is 0 Å². The second kappa shape index (κ2) is 5.86. The third kappa shape index (κ3) is 4.12. The lowest BCUT2D eigenvalue weighted by atomic mass is 9.93. The second-order valence-electron chi connectivity index (χ2n) is 5.15. The lowest BCUT2D eigenvalue weighted by Crippen LogP contribution is -2.36. The molecular weight excluding hydrogens is 186 g/mol. The zero-order valence-corrected chi connectivity index (χ0v) is 10.0. The summed E-state index contributed by atoms with van der Waals surface area (Å²) in [5.41, 5.74) is 0. The molecule has 0 aromatic heterocycles. The third-order valence-corrected chi connectivity index (χ3v) is 3.70. The SMILES string of the molecule is CCNC1CCCC(OCCC2CC2)C1. The van der Waals surface area contributed by atoms with Crippen molar-refractivity contribution >= 4 is 0 Å². The molecule has 2 fully saturated rings. The molecule has 15 heavy (non-hydrogen) atoms. The van der Waals surface area contributed by atoms with E-state index in [1.54, 1.807) is 0 Å². The van der Waals surface area contributed by atoms with E-state index in [0.29, 0.717) is 6.10 Å². The predicted molar refractivity (Wildman–Crippen MR) is 63.0 cm³/mol. The summed E-state index contributed by atoms with van der Waals surface area (Å²) in [5.74, 6) is 1.01. The molecule has 0 aromatic carbocycles. The maximum Gasteiger partial charge on any atom is 0.0590 e. The molecule has 2 nitrogen and oxygen atoms in total. The Morgan fingerprint density at radius 2 is 2.07 bits per heavy atom. The van der Waals surface area contributed by atoms with Crippen molar-refractivity contribution in [2.45, 2.75) is 64.0 Å². The Kier molecular flexibility index (Phi) is 4.45. The highest BCUT2D eigenvalue weighted by molar-refractivity contribution is 4.78. The molecule has 0 heterocycles. The van der Waals surface area contributed by atoms with E-state index < -0.39 is 0 Å². The molecule has 88 valence electrons. The van der Waals surface area contributed by atoms with E-state index in [1.165, 1.54) is 44.9 Å². The van der Waals surface area contributed by atoms with Gasteiger partial charge in [0, 0.05) is 12.6 Å². The van der Waals surface area contributed by atoms with Crippen LogP contribution in [0, 0.1) is 5.92 Å². The second-order valence-corrected chi connectivity index (χ2v) is 5.15. The van der Waals surface area contributed by atoms with Gasteiger partial charge in [-0.05, 0) is 44.6 Å². The van der Waals surface area contributed by atoms with Gasteiger partial charge in [0.05, 0.1) is 6.10 Å². The van der Waals surface area contributed by atoms with Crippen LogP contribution >= 0.6 is 0 Å². The van der Waals surface area contributed by atoms with Crippen LogP contribution in [0.15, 0.2) is 0 Å². The van der Waals surface area contributed by atoms with E-state index >= 15 is 0 Å². The van der Waals surface area contributed by atoms with E-state index in [2.05, 4.69) is 12.2 Å². The summed E-state index contributed by atoms with van der Waals surface area (Å²) < 4.78 is 5.97. The number of ether oxygens (including phenoxy) is 1. The smallest absolute Gasteiger partial charge is 0.0590 e. The van der Waals surface area contributed by atoms with Crippen molar-refractivity contribution in [1.29, 1.82) is 0 Å². The Morgan fingerprint density at radius 1 is 1.20 bits per heavy atom. The Labute approximate surface area is 93.8 Å². The number of rotatable bonds is 6. The van der Waals surface area contributed by atoms with Gasteiger partial charge in [-0.2, -0.15) is 0 Å². The molecule has 0 bridgehead atoms. The minimum Gasteiger partial charge on any atom is -0.378 e. The van der Waals surface area contributed by atoms with Crippen LogP contribution in [0.4, 0.5) is 0 Å². The first-order chi connectivity index (χ1) is 7.38. The molecule has 2 unspecified atom stereocenters. The van der Waals surface area contributed by atoms with Gasteiger partial charge in [0.1, 0.15) is 0 Å². The molecule has 2 aliphatic carbocycles. The summed E-state index contributed by atoms with van der Waals surface area (Å²) in [4.78, 5) is 0. The fourth-order valence-corrected chi connectivity index (χ4v) is 2.58. The lowest BCUT2D eigenvalue weighted by molar-refractivity contribution is 0.0168. The van der Waals surface area contributed by atoms with Gasteiger partial charge in [-0.1, -0.05) is 19.8 Å². The van der Waals surface area contributed by atoms with Crippen molar-refractivity contribution in [3.05, 3.63) is 0 Å². The summed E-state index contributed by atoms with van der Waals surface area (Å²) >= 11 is 0. The normalized spacial score (nSPS) is 31.8. The van der Waals surface area contributed by atoms with Gasteiger partial charge >= 0.3 is 0 Å². The molecule has 0 saturated heterocycles. The lowest BCUT2D eigenvalue weighted by Gasteiger charge is -2.29. The number of hydrogen-bond acceptors (Lipinski definition) is 2. The van der Waals surface area contributed by atoms with Crippen LogP contribution in [0.2, 0.25) is 0 Å². The van der Waals surface area contributed by atoms with Crippen LogP contribution in [0.3, 0.4) is 0 Å². The maximum atomic E-state index is 5.97. The van der Waals surface area contributed by atoms with E-state index in [4.69, 9.17) is 4.74 Å². The minimum absolute atomic E-state index is 0.543. The molecular formula is C13H25NO. The van der Waals surface area contributed by atoms with Crippen LogP contribution in [0.5, 0.6) is 0 Å². The predicted octanol–water partition coefficient (Wildman–Crippen LogP) is 2.72. The van der Waals surface area contributed by atoms with Crippen molar-refractivity contribution in [2.24, 2.45) is 5.92 Å². The van der Waals surface area contributed by atoms with Gasteiger partial charge in [0.2, 0.25) is 0 Å². The van der Waals surface area contributed by atoms with Crippen LogP contribution in [0.25, 0.3) is 0 Å². The average Bonchev–Trinajstić information content (AvgIpc) is 3.03. The first kappa shape index (κ1) is 11.4. The van der Waals surface area contributed by atoms with Crippen molar-refractivity contribution < 1.29 is 4.74 Å². The fraction of sp³-hybridized carbons (Fsp3) is 1.00. The third-order valence-electron chi connectivity index (χ3n) is 3.70. The molecule has 2 aliphatic rings. The molecule has 1 N–H and O–H groups in total. The molecule has 0 amide bonds. The molecule has 0 aliphatic heterocycles. The highest BCUT2D eigenvalue weighted by Crippen LogP contribution is 2.32. The molecule has 2 rings (SSSR count). The summed E-state index contributed by atoms with van der Waals surface area (Å²) in [6.45, 7) is 4.30. The molecule has 2 atom stereocenters. The highest BCUT2D eigenvalue weighted by Gasteiger charge is 2.24. The first-order valence-corrected chi connectivity index (χ1v) is 6.73. The molecule has 0 radical (unpaired) electrons. The van der Waals surface area contributed by atoms with Gasteiger partial charge in [-0.3, -0.25) is 0 Å². The standard InChI is InChI=1S/C13H25NO/c1-2-14-12-4-3-5-13(10-12)15-9-8-11-6-7-11/h11-14H,2-10H2,1H3. The molecule has 0 aromatic rings. The van der Waals surface area contributed by atoms with Gasteiger partial charge in [-0.25, -0.2) is 0 Å². The Bertz CT molecular complexity index is 177. The van der Waals surface area contributed by atoms with E-state index in [9.17, 15) is 0 Å². The monoisotopic (exact) mass is 211 g/mol. The Morgan fingerprint density at radius 3 is 2.80 bits per heavy atom. The van der Waals surface area contributed by atoms with Crippen molar-refractivity contribution in [3.8, 4) is 0 Å². The highest BCUT2D eigenvalue weighted by atomic mass is 16.5. The van der Waals surface area contributed by atoms with Crippen LogP contribution < -0.4 is 5.32 Å². The molecule has 2 heteroatoms. The van der Waals surface area contributed by atoms with Crippen LogP contribution in [-0.4, -0.2) is 25.3 Å². The number of nitrogens with one attached hydrogen (secondary N) is 1. The van der Waals surface area contributed by atoms with E-state index in [0.717, 1.165) is 25.1 Å². The largest absolute Gasteiger partial charge is 0.378 e. The van der Waals surface area contributed by atoms with Crippen LogP contribution in [-0.2, 0) is 4.74 Å². The average molecular weight is 211 g/mol. The Hall–Kier alpha value is -0.0800. The minimum atomic E-state index is 0.543. The summed E-state index contributed by atoms with van der Waals surface area (Å²) in [5, 5.41) is 3.55. The first-order valence-electron chi connectivity index (χ1n) is 6.73. The summed E-state index contributed by atoms with van der Waals surface area (Å²) in [6, 6.07) is 0.717. The molecule has 2 saturated carbocycles.